The Morgan fingerprint density at radius 3 is 2.33 bits per heavy atom. The largest absolute Gasteiger partial charge is 0.311 e. The summed E-state index contributed by atoms with van der Waals surface area (Å²) in [7, 11) is 0. The van der Waals surface area contributed by atoms with Crippen molar-refractivity contribution in [3.63, 3.8) is 0 Å². The Morgan fingerprint density at radius 2 is 1.76 bits per heavy atom. The Morgan fingerprint density at radius 1 is 1.10 bits per heavy atom. The van der Waals surface area contributed by atoms with Crippen molar-refractivity contribution >= 4 is 0 Å². The number of hydrogen-bond donors (Lipinski definition) is 1. The summed E-state index contributed by atoms with van der Waals surface area (Å²) < 4.78 is 0. The van der Waals surface area contributed by atoms with Gasteiger partial charge in [-0.25, -0.2) is 0 Å². The number of piperazine rings is 1. The van der Waals surface area contributed by atoms with E-state index in [0.717, 1.165) is 12.5 Å². The fraction of sp³-hybridized carbons (Fsp3) is 1.00. The van der Waals surface area contributed by atoms with Crippen molar-refractivity contribution in [2.24, 2.45) is 11.3 Å². The van der Waals surface area contributed by atoms with E-state index in [4.69, 9.17) is 0 Å². The summed E-state index contributed by atoms with van der Waals surface area (Å²) in [6.45, 7) is 17.9. The molecule has 0 aromatic carbocycles. The van der Waals surface area contributed by atoms with Crippen LogP contribution < -0.4 is 5.32 Å². The van der Waals surface area contributed by atoms with Crippen molar-refractivity contribution < 1.29 is 0 Å². The molecule has 0 aromatic heterocycles. The summed E-state index contributed by atoms with van der Waals surface area (Å²) in [6, 6.07) is 1.37. The highest BCUT2D eigenvalue weighted by Gasteiger charge is 2.36. The molecule has 1 saturated heterocycles. The monoisotopic (exact) mass is 296 g/mol. The Labute approximate surface area is 134 Å². The molecule has 1 fully saturated rings. The van der Waals surface area contributed by atoms with Crippen molar-refractivity contribution in [1.29, 1.82) is 0 Å². The van der Waals surface area contributed by atoms with E-state index in [1.54, 1.807) is 0 Å². The SMILES string of the molecule is CCCCCCCN1CC(C(C)CC)NCC1C(C)(C)C. The zero-order chi connectivity index (χ0) is 15.9. The lowest BCUT2D eigenvalue weighted by atomic mass is 9.82. The number of hydrogen-bond acceptors (Lipinski definition) is 2. The van der Waals surface area contributed by atoms with Crippen molar-refractivity contribution in [1.82, 2.24) is 10.2 Å². The van der Waals surface area contributed by atoms with Crippen LogP contribution >= 0.6 is 0 Å². The zero-order valence-corrected chi connectivity index (χ0v) is 15.5. The summed E-state index contributed by atoms with van der Waals surface area (Å²) >= 11 is 0. The third-order valence-electron chi connectivity index (χ3n) is 5.32. The molecule has 0 saturated carbocycles. The van der Waals surface area contributed by atoms with Crippen LogP contribution in [0.15, 0.2) is 0 Å². The van der Waals surface area contributed by atoms with Crippen LogP contribution in [-0.2, 0) is 0 Å². The number of rotatable bonds is 8. The molecule has 126 valence electrons. The highest BCUT2D eigenvalue weighted by Crippen LogP contribution is 2.28. The van der Waals surface area contributed by atoms with E-state index in [9.17, 15) is 0 Å². The maximum absolute atomic E-state index is 3.83. The Balaban J connectivity index is 2.53. The van der Waals surface area contributed by atoms with Crippen LogP contribution in [0.4, 0.5) is 0 Å². The van der Waals surface area contributed by atoms with Crippen LogP contribution in [0, 0.1) is 11.3 Å². The maximum Gasteiger partial charge on any atom is 0.0269 e. The summed E-state index contributed by atoms with van der Waals surface area (Å²) in [5.41, 5.74) is 0.372. The molecule has 0 aliphatic carbocycles. The van der Waals surface area contributed by atoms with Crippen LogP contribution in [0.2, 0.25) is 0 Å². The molecule has 1 heterocycles. The van der Waals surface area contributed by atoms with E-state index < -0.39 is 0 Å². The lowest BCUT2D eigenvalue weighted by Crippen LogP contribution is -2.62. The molecule has 21 heavy (non-hydrogen) atoms. The van der Waals surface area contributed by atoms with Crippen LogP contribution in [0.3, 0.4) is 0 Å². The minimum absolute atomic E-state index is 0.372. The minimum atomic E-state index is 0.372. The molecule has 0 bridgehead atoms. The predicted molar refractivity (Wildman–Crippen MR) is 94.8 cm³/mol. The smallest absolute Gasteiger partial charge is 0.0269 e. The first-order chi connectivity index (χ1) is 9.90. The van der Waals surface area contributed by atoms with Gasteiger partial charge in [-0.1, -0.05) is 73.6 Å². The first-order valence-corrected chi connectivity index (χ1v) is 9.37. The fourth-order valence-corrected chi connectivity index (χ4v) is 3.52. The molecule has 3 atom stereocenters. The molecule has 3 unspecified atom stereocenters. The van der Waals surface area contributed by atoms with E-state index in [1.807, 2.05) is 0 Å². The zero-order valence-electron chi connectivity index (χ0n) is 15.5. The molecular formula is C19H40N2. The molecule has 1 aliphatic rings. The summed E-state index contributed by atoms with van der Waals surface area (Å²) in [5, 5.41) is 3.83. The van der Waals surface area contributed by atoms with Gasteiger partial charge in [0.1, 0.15) is 0 Å². The molecule has 2 nitrogen and oxygen atoms in total. The number of nitrogens with one attached hydrogen (secondary N) is 1. The fourth-order valence-electron chi connectivity index (χ4n) is 3.52. The van der Waals surface area contributed by atoms with E-state index in [2.05, 4.69) is 51.8 Å². The topological polar surface area (TPSA) is 15.3 Å². The van der Waals surface area contributed by atoms with E-state index >= 15 is 0 Å². The van der Waals surface area contributed by atoms with Gasteiger partial charge in [0, 0.05) is 25.2 Å². The van der Waals surface area contributed by atoms with Gasteiger partial charge >= 0.3 is 0 Å². The third kappa shape index (κ3) is 6.28. The van der Waals surface area contributed by atoms with E-state index in [1.165, 1.54) is 51.6 Å². The molecule has 1 rings (SSSR count). The highest BCUT2D eigenvalue weighted by atomic mass is 15.2. The van der Waals surface area contributed by atoms with Gasteiger partial charge in [0.25, 0.3) is 0 Å². The van der Waals surface area contributed by atoms with Gasteiger partial charge in [0.05, 0.1) is 0 Å². The van der Waals surface area contributed by atoms with Crippen LogP contribution in [0.25, 0.3) is 0 Å². The second kappa shape index (κ2) is 9.15. The van der Waals surface area contributed by atoms with Gasteiger partial charge in [-0.05, 0) is 24.3 Å². The van der Waals surface area contributed by atoms with E-state index in [0.29, 0.717) is 17.5 Å². The molecule has 2 heteroatoms. The highest BCUT2D eigenvalue weighted by molar-refractivity contribution is 4.93. The van der Waals surface area contributed by atoms with Crippen molar-refractivity contribution in [3.8, 4) is 0 Å². The van der Waals surface area contributed by atoms with Gasteiger partial charge in [0.15, 0.2) is 0 Å². The Bertz CT molecular complexity index is 269. The van der Waals surface area contributed by atoms with Crippen LogP contribution in [0.1, 0.15) is 80.1 Å². The lowest BCUT2D eigenvalue weighted by molar-refractivity contribution is 0.0427. The van der Waals surface area contributed by atoms with Gasteiger partial charge in [-0.3, -0.25) is 4.90 Å². The summed E-state index contributed by atoms with van der Waals surface area (Å²) in [6.07, 6.45) is 8.22. The molecule has 0 radical (unpaired) electrons. The standard InChI is InChI=1S/C19H40N2/c1-7-9-10-11-12-13-21-15-17(16(3)8-2)20-14-18(21)19(4,5)6/h16-18,20H,7-15H2,1-6H3. The summed E-state index contributed by atoms with van der Waals surface area (Å²) in [5.74, 6) is 0.786. The molecule has 0 amide bonds. The third-order valence-corrected chi connectivity index (χ3v) is 5.32. The Hall–Kier alpha value is -0.0800. The molecule has 0 aromatic rings. The second-order valence-corrected chi connectivity index (χ2v) is 8.19. The van der Waals surface area contributed by atoms with Crippen molar-refractivity contribution in [3.05, 3.63) is 0 Å². The molecule has 1 N–H and O–H groups in total. The normalized spacial score (nSPS) is 26.0. The minimum Gasteiger partial charge on any atom is -0.311 e. The van der Waals surface area contributed by atoms with Crippen molar-refractivity contribution in [2.45, 2.75) is 92.2 Å². The molecule has 1 aliphatic heterocycles. The number of nitrogens with zero attached hydrogens (tertiary/aromatic N) is 1. The first kappa shape index (κ1) is 19.0. The Kier molecular flexibility index (Phi) is 8.26. The van der Waals surface area contributed by atoms with Crippen LogP contribution in [-0.4, -0.2) is 36.6 Å². The van der Waals surface area contributed by atoms with Crippen LogP contribution in [0.5, 0.6) is 0 Å². The average Bonchev–Trinajstić information content (AvgIpc) is 2.45. The van der Waals surface area contributed by atoms with Crippen molar-refractivity contribution in [2.75, 3.05) is 19.6 Å². The van der Waals surface area contributed by atoms with Gasteiger partial charge in [0.2, 0.25) is 0 Å². The maximum atomic E-state index is 3.83. The first-order valence-electron chi connectivity index (χ1n) is 9.37. The quantitative estimate of drug-likeness (QED) is 0.654. The summed E-state index contributed by atoms with van der Waals surface area (Å²) in [4.78, 5) is 2.79. The second-order valence-electron chi connectivity index (χ2n) is 8.19. The van der Waals surface area contributed by atoms with Gasteiger partial charge in [-0.2, -0.15) is 0 Å². The molecular weight excluding hydrogens is 256 g/mol. The van der Waals surface area contributed by atoms with Gasteiger partial charge < -0.3 is 5.32 Å². The number of unbranched alkanes of at least 4 members (excludes halogenated alkanes) is 4. The van der Waals surface area contributed by atoms with E-state index in [-0.39, 0.29) is 0 Å². The van der Waals surface area contributed by atoms with Gasteiger partial charge in [-0.15, -0.1) is 0 Å². The average molecular weight is 297 g/mol. The lowest BCUT2D eigenvalue weighted by Gasteiger charge is -2.47. The predicted octanol–water partition coefficient (Wildman–Crippen LogP) is 4.69. The molecule has 0 spiro atoms.